The summed E-state index contributed by atoms with van der Waals surface area (Å²) in [5.41, 5.74) is 0. The Labute approximate surface area is 108 Å². The molecular formula is C14H19NOS. The SMILES string of the molecule is CC(CCCO)CC(C#N)Sc1ccccc1. The third-order valence-electron chi connectivity index (χ3n) is 2.64. The minimum absolute atomic E-state index is 0.00564. The zero-order chi connectivity index (χ0) is 12.5. The molecule has 0 aliphatic rings. The Morgan fingerprint density at radius 1 is 1.35 bits per heavy atom. The van der Waals surface area contributed by atoms with Gasteiger partial charge in [0, 0.05) is 11.5 Å². The minimum Gasteiger partial charge on any atom is -0.396 e. The van der Waals surface area contributed by atoms with Gasteiger partial charge >= 0.3 is 0 Å². The molecule has 2 unspecified atom stereocenters. The maximum absolute atomic E-state index is 9.14. The van der Waals surface area contributed by atoms with E-state index in [2.05, 4.69) is 13.0 Å². The van der Waals surface area contributed by atoms with Crippen LogP contribution >= 0.6 is 11.8 Å². The Balaban J connectivity index is 2.42. The highest BCUT2D eigenvalue weighted by Crippen LogP contribution is 2.28. The second-order valence-electron chi connectivity index (χ2n) is 4.26. The summed E-state index contributed by atoms with van der Waals surface area (Å²) in [5.74, 6) is 0.489. The number of hydrogen-bond acceptors (Lipinski definition) is 3. The summed E-state index contributed by atoms with van der Waals surface area (Å²) in [4.78, 5) is 1.15. The molecule has 3 heteroatoms. The van der Waals surface area contributed by atoms with Crippen LogP contribution in [0.2, 0.25) is 0 Å². The summed E-state index contributed by atoms with van der Waals surface area (Å²) < 4.78 is 0. The van der Waals surface area contributed by atoms with Crippen molar-refractivity contribution in [2.75, 3.05) is 6.61 Å². The third kappa shape index (κ3) is 5.76. The van der Waals surface area contributed by atoms with E-state index in [9.17, 15) is 0 Å². The van der Waals surface area contributed by atoms with Gasteiger partial charge in [0.05, 0.1) is 11.3 Å². The van der Waals surface area contributed by atoms with Crippen molar-refractivity contribution in [3.05, 3.63) is 30.3 Å². The number of nitrogens with zero attached hydrogens (tertiary/aromatic N) is 1. The lowest BCUT2D eigenvalue weighted by molar-refractivity contribution is 0.272. The lowest BCUT2D eigenvalue weighted by Crippen LogP contribution is -2.07. The summed E-state index contributed by atoms with van der Waals surface area (Å²) in [6.45, 7) is 2.39. The molecule has 0 bridgehead atoms. The third-order valence-corrected chi connectivity index (χ3v) is 3.76. The zero-order valence-corrected chi connectivity index (χ0v) is 11.0. The van der Waals surface area contributed by atoms with E-state index in [1.54, 1.807) is 11.8 Å². The molecule has 17 heavy (non-hydrogen) atoms. The summed E-state index contributed by atoms with van der Waals surface area (Å²) in [6, 6.07) is 12.4. The summed E-state index contributed by atoms with van der Waals surface area (Å²) >= 11 is 1.63. The first-order chi connectivity index (χ1) is 8.26. The van der Waals surface area contributed by atoms with Gasteiger partial charge in [-0.1, -0.05) is 25.1 Å². The van der Waals surface area contributed by atoms with Gasteiger partial charge in [0.1, 0.15) is 0 Å². The van der Waals surface area contributed by atoms with Gasteiger partial charge < -0.3 is 5.11 Å². The molecule has 0 heterocycles. The topological polar surface area (TPSA) is 44.0 Å². The van der Waals surface area contributed by atoms with Crippen LogP contribution in [0.15, 0.2) is 35.2 Å². The Bertz CT molecular complexity index is 347. The molecule has 2 nitrogen and oxygen atoms in total. The molecular weight excluding hydrogens is 230 g/mol. The summed E-state index contributed by atoms with van der Waals surface area (Å²) in [7, 11) is 0. The molecule has 1 rings (SSSR count). The van der Waals surface area contributed by atoms with E-state index in [4.69, 9.17) is 10.4 Å². The quantitative estimate of drug-likeness (QED) is 0.752. The van der Waals surface area contributed by atoms with Crippen LogP contribution in [0.4, 0.5) is 0 Å². The molecule has 0 fully saturated rings. The fourth-order valence-corrected chi connectivity index (χ4v) is 2.83. The van der Waals surface area contributed by atoms with E-state index >= 15 is 0 Å². The molecule has 1 N–H and O–H groups in total. The van der Waals surface area contributed by atoms with Crippen molar-refractivity contribution >= 4 is 11.8 Å². The Morgan fingerprint density at radius 3 is 2.65 bits per heavy atom. The van der Waals surface area contributed by atoms with E-state index < -0.39 is 0 Å². The van der Waals surface area contributed by atoms with Crippen LogP contribution in [0.25, 0.3) is 0 Å². The van der Waals surface area contributed by atoms with E-state index in [0.717, 1.165) is 24.2 Å². The number of benzene rings is 1. The number of hydrogen-bond donors (Lipinski definition) is 1. The highest BCUT2D eigenvalue weighted by Gasteiger charge is 2.13. The van der Waals surface area contributed by atoms with Crippen molar-refractivity contribution in [2.45, 2.75) is 36.3 Å². The molecule has 0 saturated heterocycles. The highest BCUT2D eigenvalue weighted by atomic mass is 32.2. The normalized spacial score (nSPS) is 13.9. The monoisotopic (exact) mass is 249 g/mol. The average Bonchev–Trinajstić information content (AvgIpc) is 2.36. The molecule has 1 aromatic rings. The van der Waals surface area contributed by atoms with Crippen LogP contribution in [0.1, 0.15) is 26.2 Å². The van der Waals surface area contributed by atoms with E-state index in [-0.39, 0.29) is 11.9 Å². The second kappa shape index (κ2) is 8.16. The number of rotatable bonds is 7. The second-order valence-corrected chi connectivity index (χ2v) is 5.53. The van der Waals surface area contributed by atoms with Crippen molar-refractivity contribution < 1.29 is 5.11 Å². The highest BCUT2D eigenvalue weighted by molar-refractivity contribution is 8.00. The Kier molecular flexibility index (Phi) is 6.76. The molecule has 0 radical (unpaired) electrons. The Hall–Kier alpha value is -0.980. The molecule has 92 valence electrons. The molecule has 0 saturated carbocycles. The average molecular weight is 249 g/mol. The first-order valence-corrected chi connectivity index (χ1v) is 6.86. The van der Waals surface area contributed by atoms with Gasteiger partial charge in [-0.05, 0) is 37.3 Å². The largest absolute Gasteiger partial charge is 0.396 e. The van der Waals surface area contributed by atoms with Gasteiger partial charge in [-0.3, -0.25) is 0 Å². The summed E-state index contributed by atoms with van der Waals surface area (Å²) in [5, 5.41) is 17.9. The molecule has 0 aliphatic heterocycles. The number of aliphatic hydroxyl groups excluding tert-OH is 1. The Morgan fingerprint density at radius 2 is 2.06 bits per heavy atom. The van der Waals surface area contributed by atoms with Crippen molar-refractivity contribution in [3.8, 4) is 6.07 Å². The van der Waals surface area contributed by atoms with Crippen LogP contribution in [-0.2, 0) is 0 Å². The van der Waals surface area contributed by atoms with Gasteiger partial charge in [-0.2, -0.15) is 5.26 Å². The van der Waals surface area contributed by atoms with Crippen LogP contribution in [0, 0.1) is 17.2 Å². The summed E-state index contributed by atoms with van der Waals surface area (Å²) in [6.07, 6.45) is 2.70. The van der Waals surface area contributed by atoms with Crippen LogP contribution in [0.5, 0.6) is 0 Å². The molecule has 2 atom stereocenters. The van der Waals surface area contributed by atoms with E-state index in [1.165, 1.54) is 0 Å². The zero-order valence-electron chi connectivity index (χ0n) is 10.2. The lowest BCUT2D eigenvalue weighted by Gasteiger charge is -2.14. The molecule has 0 aromatic heterocycles. The predicted molar refractivity (Wildman–Crippen MR) is 71.8 cm³/mol. The minimum atomic E-state index is 0.00564. The fourth-order valence-electron chi connectivity index (χ4n) is 1.71. The van der Waals surface area contributed by atoms with Gasteiger partial charge in [0.15, 0.2) is 0 Å². The first kappa shape index (κ1) is 14.1. The maximum Gasteiger partial charge on any atom is 0.0966 e. The van der Waals surface area contributed by atoms with Crippen LogP contribution in [0.3, 0.4) is 0 Å². The van der Waals surface area contributed by atoms with E-state index in [0.29, 0.717) is 5.92 Å². The van der Waals surface area contributed by atoms with Crippen molar-refractivity contribution in [2.24, 2.45) is 5.92 Å². The van der Waals surface area contributed by atoms with Crippen molar-refractivity contribution in [1.82, 2.24) is 0 Å². The maximum atomic E-state index is 9.14. The number of aliphatic hydroxyl groups is 1. The van der Waals surface area contributed by atoms with Gasteiger partial charge in [-0.15, -0.1) is 11.8 Å². The van der Waals surface area contributed by atoms with Crippen LogP contribution in [-0.4, -0.2) is 17.0 Å². The standard InChI is InChI=1S/C14H19NOS/c1-12(6-5-9-16)10-14(11-15)17-13-7-3-2-4-8-13/h2-4,7-8,12,14,16H,5-6,9-10H2,1H3. The molecule has 0 spiro atoms. The number of nitriles is 1. The fraction of sp³-hybridized carbons (Fsp3) is 0.500. The molecule has 0 aliphatic carbocycles. The molecule has 0 amide bonds. The van der Waals surface area contributed by atoms with Crippen LogP contribution < -0.4 is 0 Å². The molecule has 1 aromatic carbocycles. The van der Waals surface area contributed by atoms with Gasteiger partial charge in [0.25, 0.3) is 0 Å². The van der Waals surface area contributed by atoms with E-state index in [1.807, 2.05) is 30.3 Å². The smallest absolute Gasteiger partial charge is 0.0966 e. The first-order valence-electron chi connectivity index (χ1n) is 5.98. The van der Waals surface area contributed by atoms with Crippen molar-refractivity contribution in [1.29, 1.82) is 5.26 Å². The number of thioether (sulfide) groups is 1. The predicted octanol–water partition coefficient (Wildman–Crippen LogP) is 3.47. The lowest BCUT2D eigenvalue weighted by atomic mass is 10.0. The van der Waals surface area contributed by atoms with Gasteiger partial charge in [-0.25, -0.2) is 0 Å². The van der Waals surface area contributed by atoms with Gasteiger partial charge in [0.2, 0.25) is 0 Å². The van der Waals surface area contributed by atoms with Crippen molar-refractivity contribution in [3.63, 3.8) is 0 Å².